The molecule has 1 saturated heterocycles. The number of nitrogens with one attached hydrogen (secondary N) is 1. The lowest BCUT2D eigenvalue weighted by molar-refractivity contribution is -0.384. The number of carbonyl (C=O) groups is 2. The molecule has 0 aliphatic carbocycles. The first-order chi connectivity index (χ1) is 14.0. The second-order valence-corrected chi connectivity index (χ2v) is 7.04. The van der Waals surface area contributed by atoms with Crippen molar-refractivity contribution in [2.75, 3.05) is 13.1 Å². The summed E-state index contributed by atoms with van der Waals surface area (Å²) in [6, 6.07) is 12.7. The number of nitrogens with zero attached hydrogens (tertiary/aromatic N) is 3. The molecule has 8 nitrogen and oxygen atoms in total. The summed E-state index contributed by atoms with van der Waals surface area (Å²) in [5.41, 5.74) is 3.58. The molecule has 0 aromatic heterocycles. The zero-order chi connectivity index (χ0) is 20.8. The van der Waals surface area contributed by atoms with Crippen molar-refractivity contribution in [1.82, 2.24) is 10.3 Å². The average Bonchev–Trinajstić information content (AvgIpc) is 2.74. The normalized spacial score (nSPS) is 14.7. The van der Waals surface area contributed by atoms with Crippen LogP contribution < -0.4 is 5.43 Å². The molecule has 0 saturated carbocycles. The number of non-ortho nitro benzene ring substituents is 1. The summed E-state index contributed by atoms with van der Waals surface area (Å²) in [6.07, 6.45) is 2.50. The Morgan fingerprint density at radius 1 is 1.14 bits per heavy atom. The van der Waals surface area contributed by atoms with Crippen molar-refractivity contribution in [2.45, 2.75) is 12.8 Å². The third-order valence-corrected chi connectivity index (χ3v) is 5.08. The van der Waals surface area contributed by atoms with Crippen molar-refractivity contribution in [3.8, 4) is 0 Å². The standard InChI is InChI=1S/C20H19ClN4O4/c21-18-4-2-1-3-17(18)20(27)24-11-9-15(10-12-24)19(26)23-22-13-14-5-7-16(8-6-14)25(28)29/h1-8,13,15H,9-12H2,(H,23,26)/b22-13-. The molecule has 1 aliphatic rings. The van der Waals surface area contributed by atoms with E-state index in [2.05, 4.69) is 10.5 Å². The van der Waals surface area contributed by atoms with Gasteiger partial charge in [-0.05, 0) is 42.7 Å². The number of nitro groups is 1. The molecule has 1 heterocycles. The topological polar surface area (TPSA) is 105 Å². The van der Waals surface area contributed by atoms with E-state index in [1.807, 2.05) is 0 Å². The number of benzene rings is 2. The van der Waals surface area contributed by atoms with Crippen LogP contribution in [-0.4, -0.2) is 40.9 Å². The highest BCUT2D eigenvalue weighted by atomic mass is 35.5. The van der Waals surface area contributed by atoms with E-state index in [9.17, 15) is 19.7 Å². The number of halogens is 1. The molecule has 0 unspecified atom stereocenters. The fourth-order valence-corrected chi connectivity index (χ4v) is 3.31. The van der Waals surface area contributed by atoms with Crippen molar-refractivity contribution in [1.29, 1.82) is 0 Å². The molecular weight excluding hydrogens is 396 g/mol. The van der Waals surface area contributed by atoms with Gasteiger partial charge < -0.3 is 4.90 Å². The largest absolute Gasteiger partial charge is 0.339 e. The van der Waals surface area contributed by atoms with E-state index in [1.165, 1.54) is 18.3 Å². The molecule has 1 fully saturated rings. The fraction of sp³-hybridized carbons (Fsp3) is 0.250. The van der Waals surface area contributed by atoms with Crippen LogP contribution in [0.2, 0.25) is 5.02 Å². The highest BCUT2D eigenvalue weighted by molar-refractivity contribution is 6.33. The highest BCUT2D eigenvalue weighted by Gasteiger charge is 2.28. The summed E-state index contributed by atoms with van der Waals surface area (Å²) in [4.78, 5) is 36.7. The number of likely N-dealkylation sites (tertiary alicyclic amines) is 1. The Bertz CT molecular complexity index is 938. The van der Waals surface area contributed by atoms with Gasteiger partial charge in [0.15, 0.2) is 0 Å². The SMILES string of the molecule is O=C(N/N=C\c1ccc([N+](=O)[O-])cc1)C1CCN(C(=O)c2ccccc2Cl)CC1. The minimum Gasteiger partial charge on any atom is -0.339 e. The van der Waals surface area contributed by atoms with Crippen LogP contribution in [0.1, 0.15) is 28.8 Å². The Balaban J connectivity index is 1.49. The molecule has 2 aromatic rings. The summed E-state index contributed by atoms with van der Waals surface area (Å²) in [5, 5.41) is 15.0. The molecule has 1 N–H and O–H groups in total. The van der Waals surface area contributed by atoms with E-state index in [1.54, 1.807) is 41.3 Å². The number of amides is 2. The minimum atomic E-state index is -0.481. The van der Waals surface area contributed by atoms with Crippen LogP contribution in [0, 0.1) is 16.0 Å². The summed E-state index contributed by atoms with van der Waals surface area (Å²) in [5.74, 6) is -0.585. The second kappa shape index (κ2) is 9.29. The number of piperidine rings is 1. The van der Waals surface area contributed by atoms with Crippen molar-refractivity contribution in [2.24, 2.45) is 11.0 Å². The van der Waals surface area contributed by atoms with Crippen molar-refractivity contribution < 1.29 is 14.5 Å². The van der Waals surface area contributed by atoms with Crippen molar-refractivity contribution >= 4 is 35.3 Å². The van der Waals surface area contributed by atoms with E-state index in [0.717, 1.165) is 0 Å². The molecule has 3 rings (SSSR count). The average molecular weight is 415 g/mol. The van der Waals surface area contributed by atoms with Crippen LogP contribution in [0.15, 0.2) is 53.6 Å². The molecule has 1 aliphatic heterocycles. The maximum Gasteiger partial charge on any atom is 0.269 e. The van der Waals surface area contributed by atoms with Gasteiger partial charge in [0, 0.05) is 31.1 Å². The molecule has 9 heteroatoms. The van der Waals surface area contributed by atoms with Crippen molar-refractivity contribution in [3.05, 3.63) is 74.8 Å². The number of nitro benzene ring substituents is 1. The first-order valence-corrected chi connectivity index (χ1v) is 9.44. The number of carbonyl (C=O) groups excluding carboxylic acids is 2. The lowest BCUT2D eigenvalue weighted by Gasteiger charge is -2.31. The van der Waals surface area contributed by atoms with Gasteiger partial charge in [-0.1, -0.05) is 23.7 Å². The van der Waals surface area contributed by atoms with Gasteiger partial charge in [-0.3, -0.25) is 19.7 Å². The van der Waals surface area contributed by atoms with Gasteiger partial charge in [0.1, 0.15) is 0 Å². The Labute approximate surface area is 172 Å². The number of hydrogen-bond acceptors (Lipinski definition) is 5. The van der Waals surface area contributed by atoms with Crippen LogP contribution in [-0.2, 0) is 4.79 Å². The van der Waals surface area contributed by atoms with Gasteiger partial charge in [0.2, 0.25) is 5.91 Å². The first kappa shape index (κ1) is 20.5. The summed E-state index contributed by atoms with van der Waals surface area (Å²) in [7, 11) is 0. The number of rotatable bonds is 5. The predicted octanol–water partition coefficient (Wildman–Crippen LogP) is 3.25. The van der Waals surface area contributed by atoms with Crippen LogP contribution >= 0.6 is 11.6 Å². The van der Waals surface area contributed by atoms with E-state index in [4.69, 9.17) is 11.6 Å². The highest BCUT2D eigenvalue weighted by Crippen LogP contribution is 2.22. The predicted molar refractivity (Wildman–Crippen MR) is 109 cm³/mol. The number of hydrogen-bond donors (Lipinski definition) is 1. The Hall–Kier alpha value is -3.26. The van der Waals surface area contributed by atoms with Crippen LogP contribution in [0.3, 0.4) is 0 Å². The lowest BCUT2D eigenvalue weighted by Crippen LogP contribution is -2.42. The van der Waals surface area contributed by atoms with Crippen LogP contribution in [0.25, 0.3) is 0 Å². The smallest absolute Gasteiger partial charge is 0.269 e. The summed E-state index contributed by atoms with van der Waals surface area (Å²) < 4.78 is 0. The molecule has 0 spiro atoms. The molecule has 2 aromatic carbocycles. The molecule has 0 bridgehead atoms. The Morgan fingerprint density at radius 3 is 2.41 bits per heavy atom. The van der Waals surface area contributed by atoms with Gasteiger partial charge in [-0.25, -0.2) is 5.43 Å². The van der Waals surface area contributed by atoms with Gasteiger partial charge >= 0.3 is 0 Å². The lowest BCUT2D eigenvalue weighted by atomic mass is 9.95. The third-order valence-electron chi connectivity index (χ3n) is 4.75. The summed E-state index contributed by atoms with van der Waals surface area (Å²) >= 11 is 6.09. The Morgan fingerprint density at radius 2 is 1.79 bits per heavy atom. The minimum absolute atomic E-state index is 0.00992. The fourth-order valence-electron chi connectivity index (χ4n) is 3.09. The zero-order valence-electron chi connectivity index (χ0n) is 15.5. The van der Waals surface area contributed by atoms with Gasteiger partial charge in [0.05, 0.1) is 21.7 Å². The first-order valence-electron chi connectivity index (χ1n) is 9.07. The Kier molecular flexibility index (Phi) is 6.56. The summed E-state index contributed by atoms with van der Waals surface area (Å²) in [6.45, 7) is 0.933. The van der Waals surface area contributed by atoms with Crippen LogP contribution in [0.4, 0.5) is 5.69 Å². The van der Waals surface area contributed by atoms with E-state index < -0.39 is 4.92 Å². The zero-order valence-corrected chi connectivity index (χ0v) is 16.2. The quantitative estimate of drug-likeness (QED) is 0.460. The molecular formula is C20H19ClN4O4. The molecule has 2 amide bonds. The van der Waals surface area contributed by atoms with E-state index in [-0.39, 0.29) is 23.4 Å². The van der Waals surface area contributed by atoms with Gasteiger partial charge in [0.25, 0.3) is 11.6 Å². The van der Waals surface area contributed by atoms with Gasteiger partial charge in [-0.15, -0.1) is 0 Å². The third kappa shape index (κ3) is 5.17. The molecule has 150 valence electrons. The number of hydrazone groups is 1. The van der Waals surface area contributed by atoms with Gasteiger partial charge in [-0.2, -0.15) is 5.10 Å². The molecule has 0 atom stereocenters. The molecule has 29 heavy (non-hydrogen) atoms. The second-order valence-electron chi connectivity index (χ2n) is 6.63. The monoisotopic (exact) mass is 414 g/mol. The van der Waals surface area contributed by atoms with E-state index in [0.29, 0.717) is 42.1 Å². The molecule has 0 radical (unpaired) electrons. The van der Waals surface area contributed by atoms with Crippen molar-refractivity contribution in [3.63, 3.8) is 0 Å². The maximum atomic E-state index is 12.6. The van der Waals surface area contributed by atoms with Crippen LogP contribution in [0.5, 0.6) is 0 Å². The van der Waals surface area contributed by atoms with E-state index >= 15 is 0 Å². The maximum absolute atomic E-state index is 12.6.